The Hall–Kier alpha value is -1.68. The minimum absolute atomic E-state index is 0. The minimum Gasteiger partial charge on any atom is -0.391 e. The van der Waals surface area contributed by atoms with Gasteiger partial charge in [0.2, 0.25) is 0 Å². The summed E-state index contributed by atoms with van der Waals surface area (Å²) < 4.78 is 4.54. The monoisotopic (exact) mass is 212 g/mol. The number of halogens is 1. The quantitative estimate of drug-likeness (QED) is 0.755. The van der Waals surface area contributed by atoms with Gasteiger partial charge < -0.3 is 10.3 Å². The van der Waals surface area contributed by atoms with Crippen molar-refractivity contribution >= 4 is 18.1 Å². The van der Waals surface area contributed by atoms with Gasteiger partial charge in [-0.15, -0.1) is 12.4 Å². The van der Waals surface area contributed by atoms with Crippen molar-refractivity contribution in [3.8, 4) is 11.3 Å². The molecule has 0 atom stereocenters. The topological polar surface area (TPSA) is 72.0 Å². The molecule has 0 bridgehead atoms. The van der Waals surface area contributed by atoms with E-state index < -0.39 is 5.63 Å². The SMILES string of the molecule is Cl.Nc1c(-c2ccccc2)[nH]oc1=O. The van der Waals surface area contributed by atoms with Gasteiger partial charge in [0.05, 0.1) is 0 Å². The van der Waals surface area contributed by atoms with Crippen LogP contribution in [0.5, 0.6) is 0 Å². The molecule has 0 aliphatic heterocycles. The van der Waals surface area contributed by atoms with E-state index in [2.05, 4.69) is 9.68 Å². The van der Waals surface area contributed by atoms with E-state index in [-0.39, 0.29) is 18.1 Å². The number of H-pyrrole nitrogens is 1. The normalized spacial score (nSPS) is 9.43. The largest absolute Gasteiger partial charge is 0.391 e. The van der Waals surface area contributed by atoms with E-state index in [0.717, 1.165) is 5.56 Å². The molecule has 0 fully saturated rings. The Morgan fingerprint density at radius 1 is 1.21 bits per heavy atom. The predicted molar refractivity (Wildman–Crippen MR) is 56.4 cm³/mol. The molecule has 14 heavy (non-hydrogen) atoms. The van der Waals surface area contributed by atoms with Crippen molar-refractivity contribution in [3.05, 3.63) is 40.8 Å². The number of nitrogens with two attached hydrogens (primary N) is 1. The van der Waals surface area contributed by atoms with Crippen molar-refractivity contribution in [1.29, 1.82) is 0 Å². The predicted octanol–water partition coefficient (Wildman–Crippen LogP) is 1.64. The number of aromatic nitrogens is 1. The fraction of sp³-hybridized carbons (Fsp3) is 0. The summed E-state index contributed by atoms with van der Waals surface area (Å²) in [5.74, 6) is 0. The van der Waals surface area contributed by atoms with Crippen molar-refractivity contribution < 1.29 is 4.52 Å². The molecule has 0 aliphatic rings. The Morgan fingerprint density at radius 3 is 2.36 bits per heavy atom. The standard InChI is InChI=1S/C9H8N2O2.ClH/c10-7-8(11-13-9(7)12)6-4-2-1-3-5-6;/h1-5,11H,10H2;1H. The van der Waals surface area contributed by atoms with Crippen LogP contribution in [0.3, 0.4) is 0 Å². The Balaban J connectivity index is 0.000000980. The van der Waals surface area contributed by atoms with Gasteiger partial charge >= 0.3 is 5.63 Å². The van der Waals surface area contributed by atoms with E-state index in [9.17, 15) is 4.79 Å². The zero-order valence-corrected chi connectivity index (χ0v) is 8.01. The third-order valence-electron chi connectivity index (χ3n) is 1.80. The lowest BCUT2D eigenvalue weighted by Crippen LogP contribution is -2.00. The molecule has 5 heteroatoms. The maximum Gasteiger partial charge on any atom is 0.380 e. The maximum absolute atomic E-state index is 10.9. The van der Waals surface area contributed by atoms with E-state index in [1.165, 1.54) is 0 Å². The first-order valence-corrected chi connectivity index (χ1v) is 3.81. The number of hydrogen-bond acceptors (Lipinski definition) is 3. The molecule has 1 heterocycles. The summed E-state index contributed by atoms with van der Waals surface area (Å²) in [7, 11) is 0. The van der Waals surface area contributed by atoms with E-state index in [1.54, 1.807) is 0 Å². The van der Waals surface area contributed by atoms with Gasteiger partial charge in [-0.25, -0.2) is 9.95 Å². The minimum atomic E-state index is -0.529. The molecule has 0 unspecified atom stereocenters. The van der Waals surface area contributed by atoms with Crippen LogP contribution >= 0.6 is 12.4 Å². The van der Waals surface area contributed by atoms with Crippen LogP contribution in [0.1, 0.15) is 0 Å². The Morgan fingerprint density at radius 2 is 1.86 bits per heavy atom. The smallest absolute Gasteiger partial charge is 0.380 e. The number of nitrogens with one attached hydrogen (secondary N) is 1. The summed E-state index contributed by atoms with van der Waals surface area (Å²) in [6, 6.07) is 9.30. The molecule has 3 N–H and O–H groups in total. The summed E-state index contributed by atoms with van der Waals surface area (Å²) in [6.07, 6.45) is 0. The maximum atomic E-state index is 10.9. The van der Waals surface area contributed by atoms with Gasteiger partial charge in [-0.2, -0.15) is 0 Å². The third kappa shape index (κ3) is 1.65. The van der Waals surface area contributed by atoms with Crippen molar-refractivity contribution in [2.45, 2.75) is 0 Å². The molecule has 0 amide bonds. The molecular formula is C9H9ClN2O2. The van der Waals surface area contributed by atoms with Crippen LogP contribution in [0.15, 0.2) is 39.6 Å². The molecule has 0 aliphatic carbocycles. The molecule has 0 spiro atoms. The molecule has 0 saturated carbocycles. The highest BCUT2D eigenvalue weighted by Gasteiger charge is 2.08. The van der Waals surface area contributed by atoms with Gasteiger partial charge in [0.25, 0.3) is 0 Å². The second-order valence-corrected chi connectivity index (χ2v) is 2.65. The van der Waals surface area contributed by atoms with Gasteiger partial charge in [-0.05, 0) is 0 Å². The first-order valence-electron chi connectivity index (χ1n) is 3.81. The molecular weight excluding hydrogens is 204 g/mol. The van der Waals surface area contributed by atoms with Crippen LogP contribution in [0, 0.1) is 0 Å². The highest BCUT2D eigenvalue weighted by atomic mass is 35.5. The number of hydrogen-bond donors (Lipinski definition) is 2. The molecule has 0 saturated heterocycles. The van der Waals surface area contributed by atoms with Crippen LogP contribution in [0.25, 0.3) is 11.3 Å². The first-order chi connectivity index (χ1) is 6.29. The Kier molecular flexibility index (Phi) is 2.99. The van der Waals surface area contributed by atoms with Crippen LogP contribution in [-0.2, 0) is 0 Å². The summed E-state index contributed by atoms with van der Waals surface area (Å²) in [4.78, 5) is 10.9. The number of benzene rings is 1. The highest BCUT2D eigenvalue weighted by molar-refractivity contribution is 5.85. The second kappa shape index (κ2) is 4.02. The molecule has 1 aromatic heterocycles. The van der Waals surface area contributed by atoms with Crippen molar-refractivity contribution in [2.75, 3.05) is 5.73 Å². The van der Waals surface area contributed by atoms with E-state index in [4.69, 9.17) is 5.73 Å². The lowest BCUT2D eigenvalue weighted by atomic mass is 10.1. The first kappa shape index (κ1) is 10.4. The number of rotatable bonds is 1. The van der Waals surface area contributed by atoms with Crippen LogP contribution in [-0.4, -0.2) is 5.16 Å². The third-order valence-corrected chi connectivity index (χ3v) is 1.80. The molecule has 2 rings (SSSR count). The average molecular weight is 213 g/mol. The van der Waals surface area contributed by atoms with Gasteiger partial charge in [-0.1, -0.05) is 30.3 Å². The zero-order valence-electron chi connectivity index (χ0n) is 7.19. The fourth-order valence-corrected chi connectivity index (χ4v) is 1.13. The van der Waals surface area contributed by atoms with Crippen molar-refractivity contribution in [3.63, 3.8) is 0 Å². The summed E-state index contributed by atoms with van der Waals surface area (Å²) >= 11 is 0. The van der Waals surface area contributed by atoms with Crippen molar-refractivity contribution in [1.82, 2.24) is 5.16 Å². The number of nitrogen functional groups attached to an aromatic ring is 1. The highest BCUT2D eigenvalue weighted by Crippen LogP contribution is 2.19. The van der Waals surface area contributed by atoms with Crippen LogP contribution < -0.4 is 11.4 Å². The Bertz CT molecular complexity index is 461. The van der Waals surface area contributed by atoms with Crippen LogP contribution in [0.4, 0.5) is 5.69 Å². The molecule has 0 radical (unpaired) electrons. The van der Waals surface area contributed by atoms with E-state index in [0.29, 0.717) is 5.69 Å². The molecule has 4 nitrogen and oxygen atoms in total. The second-order valence-electron chi connectivity index (χ2n) is 2.65. The summed E-state index contributed by atoms with van der Waals surface area (Å²) in [5, 5.41) is 2.48. The number of aromatic amines is 1. The van der Waals surface area contributed by atoms with Gasteiger partial charge in [-0.3, -0.25) is 0 Å². The van der Waals surface area contributed by atoms with Gasteiger partial charge in [0.1, 0.15) is 11.4 Å². The fourth-order valence-electron chi connectivity index (χ4n) is 1.13. The molecule has 74 valence electrons. The van der Waals surface area contributed by atoms with Crippen LogP contribution in [0.2, 0.25) is 0 Å². The lowest BCUT2D eigenvalue weighted by Gasteiger charge is -1.95. The Labute approximate surface area is 86.1 Å². The summed E-state index contributed by atoms with van der Waals surface area (Å²) in [6.45, 7) is 0. The zero-order chi connectivity index (χ0) is 9.26. The van der Waals surface area contributed by atoms with E-state index >= 15 is 0 Å². The van der Waals surface area contributed by atoms with E-state index in [1.807, 2.05) is 30.3 Å². The molecule has 1 aromatic carbocycles. The lowest BCUT2D eigenvalue weighted by molar-refractivity contribution is 0.394. The van der Waals surface area contributed by atoms with Crippen molar-refractivity contribution in [2.24, 2.45) is 0 Å². The van der Waals surface area contributed by atoms with Gasteiger partial charge in [0.15, 0.2) is 0 Å². The number of anilines is 1. The van der Waals surface area contributed by atoms with Gasteiger partial charge in [0, 0.05) is 5.56 Å². The summed E-state index contributed by atoms with van der Waals surface area (Å²) in [5.41, 5.74) is 6.46. The molecule has 2 aromatic rings. The average Bonchev–Trinajstić information content (AvgIpc) is 2.49.